The molecule has 0 unspecified atom stereocenters. The second kappa shape index (κ2) is 15.7. The van der Waals surface area contributed by atoms with Crippen LogP contribution in [0.1, 0.15) is 101 Å². The molecule has 0 atom stereocenters. The molecule has 0 aliphatic rings. The van der Waals surface area contributed by atoms with Gasteiger partial charge in [-0.3, -0.25) is 5.43 Å². The van der Waals surface area contributed by atoms with Crippen LogP contribution in [-0.4, -0.2) is 54.7 Å². The molecule has 0 aliphatic heterocycles. The number of carbonyl (C=O) groups excluding carboxylic acids is 3. The Morgan fingerprint density at radius 1 is 0.571 bits per heavy atom. The minimum atomic E-state index is -0.544. The lowest BCUT2D eigenvalue weighted by Crippen LogP contribution is -2.41. The highest BCUT2D eigenvalue weighted by molar-refractivity contribution is 5.68. The highest BCUT2D eigenvalue weighted by Crippen LogP contribution is 2.19. The Bertz CT molecular complexity index is 599. The molecule has 0 aromatic carbocycles. The third-order valence-electron chi connectivity index (χ3n) is 4.42. The molecule has 0 saturated heterocycles. The molecular formula is C25H50N4O6. The van der Waals surface area contributed by atoms with Crippen molar-refractivity contribution in [2.75, 3.05) is 19.6 Å². The van der Waals surface area contributed by atoms with Gasteiger partial charge >= 0.3 is 18.3 Å². The molecule has 10 nitrogen and oxygen atoms in total. The summed E-state index contributed by atoms with van der Waals surface area (Å²) in [7, 11) is 0. The van der Waals surface area contributed by atoms with Crippen LogP contribution in [0.25, 0.3) is 0 Å². The van der Waals surface area contributed by atoms with Gasteiger partial charge in [0, 0.05) is 19.6 Å². The molecule has 10 heteroatoms. The average molecular weight is 503 g/mol. The third-order valence-corrected chi connectivity index (χ3v) is 4.42. The average Bonchev–Trinajstić information content (AvgIpc) is 2.63. The minimum Gasteiger partial charge on any atom is -0.444 e. The quantitative estimate of drug-likeness (QED) is 0.158. The van der Waals surface area contributed by atoms with Crippen molar-refractivity contribution in [3.05, 3.63) is 0 Å². The summed E-state index contributed by atoms with van der Waals surface area (Å²) in [6.07, 6.45) is 4.00. The van der Waals surface area contributed by atoms with Gasteiger partial charge < -0.3 is 24.8 Å². The third kappa shape index (κ3) is 23.3. The molecular weight excluding hydrogens is 452 g/mol. The SMILES string of the molecule is CC(C)(C)OC(=O)NCCCC(CCCNNC(=O)OC(C)(C)C)CCCNC(=O)OC(C)(C)C. The first kappa shape index (κ1) is 32.8. The maximum Gasteiger partial charge on any atom is 0.422 e. The van der Waals surface area contributed by atoms with Crippen LogP contribution >= 0.6 is 0 Å². The van der Waals surface area contributed by atoms with Crippen molar-refractivity contribution in [2.24, 2.45) is 5.92 Å². The smallest absolute Gasteiger partial charge is 0.422 e. The molecule has 0 rings (SSSR count). The van der Waals surface area contributed by atoms with Gasteiger partial charge in [0.05, 0.1) is 0 Å². The van der Waals surface area contributed by atoms with Crippen molar-refractivity contribution < 1.29 is 28.6 Å². The molecule has 0 spiro atoms. The summed E-state index contributed by atoms with van der Waals surface area (Å²) in [5.41, 5.74) is 3.86. The topological polar surface area (TPSA) is 127 Å². The predicted octanol–water partition coefficient (Wildman–Crippen LogP) is 5.02. The van der Waals surface area contributed by atoms with Gasteiger partial charge in [0.1, 0.15) is 16.8 Å². The van der Waals surface area contributed by atoms with Crippen molar-refractivity contribution in [2.45, 2.75) is 118 Å². The van der Waals surface area contributed by atoms with Crippen LogP contribution in [0.4, 0.5) is 14.4 Å². The number of nitrogens with one attached hydrogen (secondary N) is 4. The standard InChI is InChI=1S/C25H50N4O6/c1-23(2,3)33-20(30)26-16-10-13-19(14-11-17-27-21(31)34-24(4,5)6)15-12-18-28-29-22(32)35-25(7,8)9/h19,28H,10-18H2,1-9H3,(H,26,30)(H,27,31)(H,29,32). The van der Waals surface area contributed by atoms with Crippen LogP contribution in [0.5, 0.6) is 0 Å². The lowest BCUT2D eigenvalue weighted by molar-refractivity contribution is 0.0491. The number of hydrogen-bond donors (Lipinski definition) is 4. The Kier molecular flexibility index (Phi) is 14.7. The molecule has 0 aromatic rings. The molecule has 35 heavy (non-hydrogen) atoms. The van der Waals surface area contributed by atoms with E-state index in [0.29, 0.717) is 25.6 Å². The van der Waals surface area contributed by atoms with Crippen LogP contribution in [0.2, 0.25) is 0 Å². The maximum absolute atomic E-state index is 11.8. The summed E-state index contributed by atoms with van der Waals surface area (Å²) in [5.74, 6) is 0.416. The first-order valence-electron chi connectivity index (χ1n) is 12.6. The lowest BCUT2D eigenvalue weighted by Gasteiger charge is -2.21. The Labute approximate surface area is 211 Å². The molecule has 0 bridgehead atoms. The first-order valence-corrected chi connectivity index (χ1v) is 12.6. The van der Waals surface area contributed by atoms with E-state index < -0.39 is 35.1 Å². The van der Waals surface area contributed by atoms with Gasteiger partial charge in [0.2, 0.25) is 0 Å². The van der Waals surface area contributed by atoms with Gasteiger partial charge in [-0.1, -0.05) is 0 Å². The van der Waals surface area contributed by atoms with E-state index in [1.54, 1.807) is 0 Å². The van der Waals surface area contributed by atoms with Crippen molar-refractivity contribution in [3.63, 3.8) is 0 Å². The maximum atomic E-state index is 11.8. The van der Waals surface area contributed by atoms with Crippen LogP contribution in [0.3, 0.4) is 0 Å². The fourth-order valence-corrected chi connectivity index (χ4v) is 3.14. The predicted molar refractivity (Wildman–Crippen MR) is 137 cm³/mol. The summed E-state index contributed by atoms with van der Waals surface area (Å²) in [6.45, 7) is 18.1. The van der Waals surface area contributed by atoms with E-state index in [1.807, 2.05) is 62.3 Å². The van der Waals surface area contributed by atoms with E-state index in [1.165, 1.54) is 0 Å². The zero-order chi connectivity index (χ0) is 27.1. The molecule has 0 radical (unpaired) electrons. The number of rotatable bonds is 13. The van der Waals surface area contributed by atoms with Crippen molar-refractivity contribution >= 4 is 18.3 Å². The molecule has 3 amide bonds. The van der Waals surface area contributed by atoms with Crippen LogP contribution in [0.15, 0.2) is 0 Å². The Hall–Kier alpha value is -2.23. The van der Waals surface area contributed by atoms with Gasteiger partial charge in [-0.2, -0.15) is 0 Å². The number of hydrogen-bond acceptors (Lipinski definition) is 7. The normalized spacial score (nSPS) is 12.2. The van der Waals surface area contributed by atoms with E-state index in [9.17, 15) is 14.4 Å². The molecule has 4 N–H and O–H groups in total. The van der Waals surface area contributed by atoms with Crippen molar-refractivity contribution in [1.82, 2.24) is 21.5 Å². The lowest BCUT2D eigenvalue weighted by atomic mass is 9.92. The van der Waals surface area contributed by atoms with Gasteiger partial charge in [-0.25, -0.2) is 19.8 Å². The summed E-state index contributed by atoms with van der Waals surface area (Å²) in [6, 6.07) is 0. The van der Waals surface area contributed by atoms with Gasteiger partial charge in [-0.05, 0) is 107 Å². The second-order valence-electron chi connectivity index (χ2n) is 11.7. The zero-order valence-corrected chi connectivity index (χ0v) is 23.4. The summed E-state index contributed by atoms with van der Waals surface area (Å²) in [4.78, 5) is 35.4. The number of amides is 3. The Morgan fingerprint density at radius 2 is 0.914 bits per heavy atom. The van der Waals surface area contributed by atoms with Gasteiger partial charge in [0.15, 0.2) is 0 Å². The van der Waals surface area contributed by atoms with Crippen molar-refractivity contribution in [3.8, 4) is 0 Å². The fraction of sp³-hybridized carbons (Fsp3) is 0.880. The molecule has 0 saturated carbocycles. The summed E-state index contributed by atoms with van der Waals surface area (Å²) >= 11 is 0. The highest BCUT2D eigenvalue weighted by Gasteiger charge is 2.18. The van der Waals surface area contributed by atoms with E-state index in [0.717, 1.165) is 38.5 Å². The van der Waals surface area contributed by atoms with E-state index >= 15 is 0 Å². The van der Waals surface area contributed by atoms with E-state index in [4.69, 9.17) is 14.2 Å². The monoisotopic (exact) mass is 502 g/mol. The van der Waals surface area contributed by atoms with Crippen LogP contribution < -0.4 is 21.5 Å². The summed E-state index contributed by atoms with van der Waals surface area (Å²) in [5, 5.41) is 5.59. The summed E-state index contributed by atoms with van der Waals surface area (Å²) < 4.78 is 15.7. The van der Waals surface area contributed by atoms with Crippen LogP contribution in [-0.2, 0) is 14.2 Å². The van der Waals surface area contributed by atoms with Crippen molar-refractivity contribution in [1.29, 1.82) is 0 Å². The molecule has 0 aromatic heterocycles. The molecule has 0 heterocycles. The number of ether oxygens (including phenoxy) is 3. The van der Waals surface area contributed by atoms with E-state index in [-0.39, 0.29) is 0 Å². The number of hydrazine groups is 1. The zero-order valence-electron chi connectivity index (χ0n) is 23.4. The van der Waals surface area contributed by atoms with E-state index in [2.05, 4.69) is 21.5 Å². The van der Waals surface area contributed by atoms with Crippen LogP contribution in [0, 0.1) is 5.92 Å². The largest absolute Gasteiger partial charge is 0.444 e. The molecule has 0 fully saturated rings. The number of alkyl carbamates (subject to hydrolysis) is 2. The fourth-order valence-electron chi connectivity index (χ4n) is 3.14. The van der Waals surface area contributed by atoms with Gasteiger partial charge in [0.25, 0.3) is 0 Å². The Morgan fingerprint density at radius 3 is 1.29 bits per heavy atom. The first-order chi connectivity index (χ1) is 16.0. The molecule has 206 valence electrons. The Balaban J connectivity index is 4.40. The minimum absolute atomic E-state index is 0.409. The highest BCUT2D eigenvalue weighted by atomic mass is 16.6. The second-order valence-corrected chi connectivity index (χ2v) is 11.7. The number of carbonyl (C=O) groups is 3. The molecule has 0 aliphatic carbocycles. The van der Waals surface area contributed by atoms with Gasteiger partial charge in [-0.15, -0.1) is 0 Å².